The lowest BCUT2D eigenvalue weighted by Gasteiger charge is -2.25. The van der Waals surface area contributed by atoms with Crippen LogP contribution in [0.4, 0.5) is 5.69 Å². The minimum atomic E-state index is -0.152. The predicted molar refractivity (Wildman–Crippen MR) is 139 cm³/mol. The molecule has 5 nitrogen and oxygen atoms in total. The first-order chi connectivity index (χ1) is 17.2. The zero-order chi connectivity index (χ0) is 23.8. The predicted octanol–water partition coefficient (Wildman–Crippen LogP) is 6.61. The molecular weight excluding hydrogens is 456 g/mol. The number of anilines is 1. The Kier molecular flexibility index (Phi) is 5.43. The molecule has 0 radical (unpaired) electrons. The van der Waals surface area contributed by atoms with Crippen molar-refractivity contribution >= 4 is 39.6 Å². The van der Waals surface area contributed by atoms with Crippen LogP contribution in [-0.4, -0.2) is 23.3 Å². The van der Waals surface area contributed by atoms with Gasteiger partial charge in [0.15, 0.2) is 0 Å². The Morgan fingerprint density at radius 2 is 1.77 bits per heavy atom. The molecule has 0 fully saturated rings. The summed E-state index contributed by atoms with van der Waals surface area (Å²) in [6.07, 6.45) is 0.684. The van der Waals surface area contributed by atoms with Crippen molar-refractivity contribution in [1.29, 1.82) is 0 Å². The molecule has 0 atom stereocenters. The largest absolute Gasteiger partial charge is 0.461 e. The average molecular weight is 479 g/mol. The third-order valence-corrected chi connectivity index (χ3v) is 7.18. The van der Waals surface area contributed by atoms with Gasteiger partial charge in [-0.25, -0.2) is 0 Å². The molecule has 0 aliphatic carbocycles. The van der Waals surface area contributed by atoms with Gasteiger partial charge in [0.1, 0.15) is 11.5 Å². The van der Waals surface area contributed by atoms with Crippen molar-refractivity contribution in [1.82, 2.24) is 4.90 Å². The molecule has 35 heavy (non-hydrogen) atoms. The maximum Gasteiger partial charge on any atom is 0.264 e. The van der Waals surface area contributed by atoms with Crippen LogP contribution in [0.1, 0.15) is 31.4 Å². The van der Waals surface area contributed by atoms with Crippen LogP contribution in [0.2, 0.25) is 0 Å². The van der Waals surface area contributed by atoms with Crippen molar-refractivity contribution in [2.45, 2.75) is 13.0 Å². The van der Waals surface area contributed by atoms with Crippen molar-refractivity contribution in [3.05, 3.63) is 112 Å². The van der Waals surface area contributed by atoms with Gasteiger partial charge in [-0.05, 0) is 46.5 Å². The molecule has 6 rings (SSSR count). The maximum absolute atomic E-state index is 13.1. The van der Waals surface area contributed by atoms with E-state index in [4.69, 9.17) is 4.42 Å². The SMILES string of the molecule is O=C(Nc1cccc(-c2cc3c(o2)CCN(C(=O)c2cccs2)C3)c1)c1cccc2ccccc12. The number of rotatable bonds is 4. The minimum Gasteiger partial charge on any atom is -0.461 e. The van der Waals surface area contributed by atoms with Crippen LogP contribution in [0, 0.1) is 0 Å². The van der Waals surface area contributed by atoms with E-state index in [2.05, 4.69) is 5.32 Å². The molecule has 0 saturated heterocycles. The molecule has 0 unspecified atom stereocenters. The van der Waals surface area contributed by atoms with Crippen LogP contribution in [0.3, 0.4) is 0 Å². The number of fused-ring (bicyclic) bond motifs is 2. The quantitative estimate of drug-likeness (QED) is 0.316. The highest BCUT2D eigenvalue weighted by molar-refractivity contribution is 7.12. The highest BCUT2D eigenvalue weighted by Gasteiger charge is 2.25. The molecule has 1 N–H and O–H groups in total. The maximum atomic E-state index is 13.1. The molecule has 0 saturated carbocycles. The molecule has 0 spiro atoms. The van der Waals surface area contributed by atoms with Crippen LogP contribution >= 0.6 is 11.3 Å². The Morgan fingerprint density at radius 1 is 0.914 bits per heavy atom. The van der Waals surface area contributed by atoms with Crippen LogP contribution < -0.4 is 5.32 Å². The van der Waals surface area contributed by atoms with Crippen molar-refractivity contribution in [3.8, 4) is 11.3 Å². The van der Waals surface area contributed by atoms with Crippen LogP contribution in [0.5, 0.6) is 0 Å². The van der Waals surface area contributed by atoms with Gasteiger partial charge in [-0.3, -0.25) is 9.59 Å². The number of carbonyl (C=O) groups excluding carboxylic acids is 2. The number of thiophene rings is 1. The lowest BCUT2D eigenvalue weighted by atomic mass is 10.0. The van der Waals surface area contributed by atoms with Crippen molar-refractivity contribution in [2.75, 3.05) is 11.9 Å². The number of benzene rings is 3. The van der Waals surface area contributed by atoms with Crippen molar-refractivity contribution in [2.24, 2.45) is 0 Å². The molecule has 6 heteroatoms. The Labute approximate surface area is 206 Å². The standard InChI is InChI=1S/C29H22N2O3S/c32-28(24-11-4-7-19-6-1-2-10-23(19)24)30-22-9-3-8-20(16-22)26-17-21-18-31(14-13-25(21)34-26)29(33)27-12-5-15-35-27/h1-12,15-17H,13-14,18H2,(H,30,32). The number of hydrogen-bond donors (Lipinski definition) is 1. The second-order valence-corrected chi connectivity index (χ2v) is 9.52. The monoisotopic (exact) mass is 478 g/mol. The van der Waals surface area contributed by atoms with Gasteiger partial charge in [0.05, 0.1) is 4.88 Å². The second-order valence-electron chi connectivity index (χ2n) is 8.57. The number of hydrogen-bond acceptors (Lipinski definition) is 4. The highest BCUT2D eigenvalue weighted by Crippen LogP contribution is 2.32. The van der Waals surface area contributed by atoms with Crippen LogP contribution in [0.25, 0.3) is 22.1 Å². The summed E-state index contributed by atoms with van der Waals surface area (Å²) in [5.74, 6) is 1.56. The zero-order valence-electron chi connectivity index (χ0n) is 18.9. The van der Waals surface area contributed by atoms with Gasteiger partial charge in [-0.15, -0.1) is 11.3 Å². The fourth-order valence-corrected chi connectivity index (χ4v) is 5.27. The third-order valence-electron chi connectivity index (χ3n) is 6.33. The van der Waals surface area contributed by atoms with Gasteiger partial charge in [0.25, 0.3) is 11.8 Å². The average Bonchev–Trinajstić information content (AvgIpc) is 3.58. The van der Waals surface area contributed by atoms with Gasteiger partial charge in [-0.2, -0.15) is 0 Å². The molecule has 3 aromatic carbocycles. The van der Waals surface area contributed by atoms with E-state index in [0.29, 0.717) is 30.8 Å². The van der Waals surface area contributed by atoms with E-state index >= 15 is 0 Å². The lowest BCUT2D eigenvalue weighted by Crippen LogP contribution is -2.35. The van der Waals surface area contributed by atoms with Gasteiger partial charge < -0.3 is 14.6 Å². The van der Waals surface area contributed by atoms with Gasteiger partial charge in [-0.1, -0.05) is 54.6 Å². The summed E-state index contributed by atoms with van der Waals surface area (Å²) in [6, 6.07) is 27.0. The van der Waals surface area contributed by atoms with E-state index in [1.54, 1.807) is 0 Å². The number of nitrogens with zero attached hydrogens (tertiary/aromatic N) is 1. The summed E-state index contributed by atoms with van der Waals surface area (Å²) in [7, 11) is 0. The molecular formula is C29H22N2O3S. The van der Waals surface area contributed by atoms with E-state index in [1.165, 1.54) is 11.3 Å². The minimum absolute atomic E-state index is 0.0616. The summed E-state index contributed by atoms with van der Waals surface area (Å²) in [6.45, 7) is 1.17. The Balaban J connectivity index is 1.22. The summed E-state index contributed by atoms with van der Waals surface area (Å²) >= 11 is 1.46. The van der Waals surface area contributed by atoms with Gasteiger partial charge >= 0.3 is 0 Å². The molecule has 1 aliphatic heterocycles. The summed E-state index contributed by atoms with van der Waals surface area (Å²) in [4.78, 5) is 28.4. The van der Waals surface area contributed by atoms with E-state index < -0.39 is 0 Å². The van der Waals surface area contributed by atoms with Gasteiger partial charge in [0.2, 0.25) is 0 Å². The van der Waals surface area contributed by atoms with Gasteiger partial charge in [0, 0.05) is 41.9 Å². The first-order valence-corrected chi connectivity index (χ1v) is 12.4. The van der Waals surface area contributed by atoms with E-state index in [9.17, 15) is 9.59 Å². The Morgan fingerprint density at radius 3 is 2.66 bits per heavy atom. The lowest BCUT2D eigenvalue weighted by molar-refractivity contribution is 0.0734. The molecule has 3 heterocycles. The fraction of sp³-hybridized carbons (Fsp3) is 0.103. The topological polar surface area (TPSA) is 62.6 Å². The molecule has 5 aromatic rings. The normalized spacial score (nSPS) is 13.0. The Bertz CT molecular complexity index is 1550. The first-order valence-electron chi connectivity index (χ1n) is 11.5. The summed E-state index contributed by atoms with van der Waals surface area (Å²) < 4.78 is 6.17. The van der Waals surface area contributed by atoms with E-state index in [-0.39, 0.29) is 11.8 Å². The zero-order valence-corrected chi connectivity index (χ0v) is 19.7. The highest BCUT2D eigenvalue weighted by atomic mass is 32.1. The molecule has 172 valence electrons. The van der Waals surface area contributed by atoms with E-state index in [1.807, 2.05) is 95.2 Å². The first kappa shape index (κ1) is 21.4. The molecule has 2 amide bonds. The Hall–Kier alpha value is -4.16. The smallest absolute Gasteiger partial charge is 0.264 e. The molecule has 1 aliphatic rings. The van der Waals surface area contributed by atoms with Crippen molar-refractivity contribution < 1.29 is 14.0 Å². The van der Waals surface area contributed by atoms with E-state index in [0.717, 1.165) is 38.3 Å². The molecule has 0 bridgehead atoms. The second kappa shape index (κ2) is 8.89. The molecule has 2 aromatic heterocycles. The number of carbonyl (C=O) groups is 2. The number of amides is 2. The summed E-state index contributed by atoms with van der Waals surface area (Å²) in [5.41, 5.74) is 3.24. The summed E-state index contributed by atoms with van der Waals surface area (Å²) in [5, 5.41) is 6.90. The number of furan rings is 1. The number of nitrogens with one attached hydrogen (secondary N) is 1. The fourth-order valence-electron chi connectivity index (χ4n) is 4.58. The third kappa shape index (κ3) is 4.13. The van der Waals surface area contributed by atoms with Crippen molar-refractivity contribution in [3.63, 3.8) is 0 Å². The van der Waals surface area contributed by atoms with Crippen LogP contribution in [0.15, 0.2) is 94.7 Å². The van der Waals surface area contributed by atoms with Crippen LogP contribution in [-0.2, 0) is 13.0 Å².